The number of nitrogens with zero attached hydrogens (tertiary/aromatic N) is 2. The minimum Gasteiger partial charge on any atom is -0.444 e. The summed E-state index contributed by atoms with van der Waals surface area (Å²) in [5.41, 5.74) is -0.932. The predicted octanol–water partition coefficient (Wildman–Crippen LogP) is 2.27. The summed E-state index contributed by atoms with van der Waals surface area (Å²) in [6, 6.07) is 4.37. The summed E-state index contributed by atoms with van der Waals surface area (Å²) in [5, 5.41) is 10.8. The molecule has 0 aliphatic carbocycles. The zero-order valence-corrected chi connectivity index (χ0v) is 15.8. The van der Waals surface area contributed by atoms with Crippen molar-refractivity contribution in [1.29, 1.82) is 0 Å². The van der Waals surface area contributed by atoms with E-state index < -0.39 is 32.7 Å². The largest absolute Gasteiger partial charge is 0.444 e. The van der Waals surface area contributed by atoms with Crippen molar-refractivity contribution >= 4 is 21.8 Å². The number of rotatable bonds is 4. The zero-order valence-electron chi connectivity index (χ0n) is 15.0. The van der Waals surface area contributed by atoms with E-state index in [1.54, 1.807) is 20.8 Å². The number of nitrogens with one attached hydrogen (secondary N) is 1. The van der Waals surface area contributed by atoms with Crippen molar-refractivity contribution in [3.8, 4) is 0 Å². The third kappa shape index (κ3) is 5.40. The second-order valence-electron chi connectivity index (χ2n) is 7.14. The van der Waals surface area contributed by atoms with Crippen molar-refractivity contribution in [3.05, 3.63) is 34.4 Å². The predicted molar refractivity (Wildman–Crippen MR) is 94.2 cm³/mol. The maximum Gasteiger partial charge on any atom is 0.410 e. The Morgan fingerprint density at radius 1 is 1.38 bits per heavy atom. The third-order valence-corrected chi connectivity index (χ3v) is 5.25. The summed E-state index contributed by atoms with van der Waals surface area (Å²) in [4.78, 5) is 23.6. The van der Waals surface area contributed by atoms with E-state index in [0.717, 1.165) is 6.07 Å². The number of likely N-dealkylation sites (tertiary alicyclic amines) is 1. The van der Waals surface area contributed by atoms with Gasteiger partial charge in [-0.15, -0.1) is 0 Å². The molecule has 1 aromatic rings. The average molecular weight is 385 g/mol. The highest BCUT2D eigenvalue weighted by Gasteiger charge is 2.30. The molecule has 10 heteroatoms. The highest BCUT2D eigenvalue weighted by Crippen LogP contribution is 2.20. The number of ether oxygens (including phenoxy) is 1. The van der Waals surface area contributed by atoms with Gasteiger partial charge in [0.2, 0.25) is 10.0 Å². The lowest BCUT2D eigenvalue weighted by Gasteiger charge is -2.34. The third-order valence-electron chi connectivity index (χ3n) is 3.73. The molecule has 1 N–H and O–H groups in total. The molecule has 26 heavy (non-hydrogen) atoms. The molecule has 1 saturated heterocycles. The minimum atomic E-state index is -3.93. The van der Waals surface area contributed by atoms with Crippen LogP contribution in [0.3, 0.4) is 0 Å². The molecule has 1 heterocycles. The highest BCUT2D eigenvalue weighted by atomic mass is 32.2. The molecule has 0 spiro atoms. The number of carbonyl (C=O) groups is 1. The van der Waals surface area contributed by atoms with Gasteiger partial charge in [0.1, 0.15) is 5.60 Å². The lowest BCUT2D eigenvalue weighted by atomic mass is 10.1. The highest BCUT2D eigenvalue weighted by molar-refractivity contribution is 7.89. The lowest BCUT2D eigenvalue weighted by molar-refractivity contribution is -0.385. The smallest absolute Gasteiger partial charge is 0.410 e. The van der Waals surface area contributed by atoms with Crippen LogP contribution in [0.1, 0.15) is 33.6 Å². The van der Waals surface area contributed by atoms with E-state index in [2.05, 4.69) is 4.72 Å². The summed E-state index contributed by atoms with van der Waals surface area (Å²) in [6.45, 7) is 5.96. The normalized spacial score (nSPS) is 18.4. The van der Waals surface area contributed by atoms with Gasteiger partial charge in [0.15, 0.2) is 0 Å². The van der Waals surface area contributed by atoms with Gasteiger partial charge in [0.25, 0.3) is 5.69 Å². The number of sulfonamides is 1. The van der Waals surface area contributed by atoms with Crippen LogP contribution in [0.2, 0.25) is 0 Å². The number of hydrogen-bond acceptors (Lipinski definition) is 6. The van der Waals surface area contributed by atoms with Crippen molar-refractivity contribution in [2.75, 3.05) is 13.1 Å². The van der Waals surface area contributed by atoms with Gasteiger partial charge in [-0.05, 0) is 39.7 Å². The first-order valence-corrected chi connectivity index (χ1v) is 9.71. The van der Waals surface area contributed by atoms with Crippen LogP contribution in [0, 0.1) is 10.1 Å². The molecule has 1 aliphatic rings. The van der Waals surface area contributed by atoms with Crippen molar-refractivity contribution in [2.24, 2.45) is 0 Å². The number of carbonyl (C=O) groups excluding carboxylic acids is 1. The molecule has 1 aromatic carbocycles. The van der Waals surface area contributed by atoms with Crippen molar-refractivity contribution < 1.29 is 22.9 Å². The van der Waals surface area contributed by atoms with Crippen molar-refractivity contribution in [3.63, 3.8) is 0 Å². The Kier molecular flexibility index (Phi) is 5.87. The van der Waals surface area contributed by atoms with E-state index in [4.69, 9.17) is 4.74 Å². The zero-order chi connectivity index (χ0) is 19.5. The second-order valence-corrected chi connectivity index (χ2v) is 8.86. The van der Waals surface area contributed by atoms with Crippen LogP contribution in [0.25, 0.3) is 0 Å². The van der Waals surface area contributed by atoms with Gasteiger partial charge < -0.3 is 9.64 Å². The van der Waals surface area contributed by atoms with Gasteiger partial charge in [0, 0.05) is 31.3 Å². The number of nitro benzene ring substituents is 1. The van der Waals surface area contributed by atoms with Gasteiger partial charge in [-0.3, -0.25) is 10.1 Å². The van der Waals surface area contributed by atoms with Crippen LogP contribution in [0.4, 0.5) is 10.5 Å². The quantitative estimate of drug-likeness (QED) is 0.627. The first-order chi connectivity index (χ1) is 12.0. The molecule has 1 fully saturated rings. The van der Waals surface area contributed by atoms with E-state index in [1.165, 1.54) is 23.1 Å². The standard InChI is InChI=1S/C16H23N3O6S/c1-16(2,3)25-15(20)18-9-5-6-12(11-18)17-26(23,24)14-8-4-7-13(10-14)19(21)22/h4,7-8,10,12,17H,5-6,9,11H2,1-3H3/t12-/m1/s1. The molecule has 1 aliphatic heterocycles. The topological polar surface area (TPSA) is 119 Å². The minimum absolute atomic E-state index is 0.180. The summed E-state index contributed by atoms with van der Waals surface area (Å²) in [5.74, 6) is 0. The fourth-order valence-electron chi connectivity index (χ4n) is 2.62. The van der Waals surface area contributed by atoms with E-state index >= 15 is 0 Å². The monoisotopic (exact) mass is 385 g/mol. The van der Waals surface area contributed by atoms with E-state index in [0.29, 0.717) is 19.4 Å². The molecule has 144 valence electrons. The maximum absolute atomic E-state index is 12.5. The van der Waals surface area contributed by atoms with Gasteiger partial charge in [-0.2, -0.15) is 0 Å². The first-order valence-electron chi connectivity index (χ1n) is 8.23. The Hall–Kier alpha value is -2.20. The molecule has 1 amide bonds. The van der Waals surface area contributed by atoms with Crippen LogP contribution in [-0.4, -0.2) is 49.1 Å². The molecule has 0 saturated carbocycles. The first kappa shape index (κ1) is 20.1. The Morgan fingerprint density at radius 3 is 2.69 bits per heavy atom. The Labute approximate surface area is 152 Å². The Bertz CT molecular complexity index is 787. The Morgan fingerprint density at radius 2 is 2.08 bits per heavy atom. The number of non-ortho nitro benzene ring substituents is 1. The molecule has 0 aromatic heterocycles. The van der Waals surface area contributed by atoms with Crippen molar-refractivity contribution in [1.82, 2.24) is 9.62 Å². The van der Waals surface area contributed by atoms with Crippen molar-refractivity contribution in [2.45, 2.75) is 50.2 Å². The van der Waals surface area contributed by atoms with Crippen LogP contribution in [-0.2, 0) is 14.8 Å². The van der Waals surface area contributed by atoms with E-state index in [9.17, 15) is 23.3 Å². The number of hydrogen-bond donors (Lipinski definition) is 1. The molecular weight excluding hydrogens is 362 g/mol. The molecule has 1 atom stereocenters. The Balaban J connectivity index is 2.08. The number of benzene rings is 1. The summed E-state index contributed by atoms with van der Waals surface area (Å²) >= 11 is 0. The van der Waals surface area contributed by atoms with Crippen LogP contribution >= 0.6 is 0 Å². The molecule has 0 bridgehead atoms. The SMILES string of the molecule is CC(C)(C)OC(=O)N1CCC[C@@H](NS(=O)(=O)c2cccc([N+](=O)[O-])c2)C1. The molecule has 2 rings (SSSR count). The molecular formula is C16H23N3O6S. The lowest BCUT2D eigenvalue weighted by Crippen LogP contribution is -2.50. The fourth-order valence-corrected chi connectivity index (χ4v) is 3.92. The summed E-state index contributed by atoms with van der Waals surface area (Å²) < 4.78 is 32.9. The molecule has 0 unspecified atom stereocenters. The number of nitro groups is 1. The maximum atomic E-state index is 12.5. The van der Waals surface area contributed by atoms with Crippen LogP contribution in [0.5, 0.6) is 0 Å². The van der Waals surface area contributed by atoms with Gasteiger partial charge in [-0.1, -0.05) is 6.07 Å². The summed E-state index contributed by atoms with van der Waals surface area (Å²) in [6.07, 6.45) is 0.700. The van der Waals surface area contributed by atoms with Gasteiger partial charge >= 0.3 is 6.09 Å². The van der Waals surface area contributed by atoms with Crippen LogP contribution < -0.4 is 4.72 Å². The van der Waals surface area contributed by atoms with E-state index in [-0.39, 0.29) is 17.1 Å². The van der Waals surface area contributed by atoms with Gasteiger partial charge in [-0.25, -0.2) is 17.9 Å². The van der Waals surface area contributed by atoms with Crippen LogP contribution in [0.15, 0.2) is 29.2 Å². The molecule has 0 radical (unpaired) electrons. The fraction of sp³-hybridized carbons (Fsp3) is 0.562. The second kappa shape index (κ2) is 7.58. The average Bonchev–Trinajstić information content (AvgIpc) is 2.53. The number of piperidine rings is 1. The summed E-state index contributed by atoms with van der Waals surface area (Å²) in [7, 11) is -3.93. The van der Waals surface area contributed by atoms with E-state index in [1.807, 2.05) is 0 Å². The molecule has 9 nitrogen and oxygen atoms in total. The van der Waals surface area contributed by atoms with Gasteiger partial charge in [0.05, 0.1) is 9.82 Å². The number of amides is 1.